The zero-order valence-corrected chi connectivity index (χ0v) is 9.99. The van der Waals surface area contributed by atoms with Gasteiger partial charge in [0, 0.05) is 11.9 Å². The van der Waals surface area contributed by atoms with E-state index in [1.54, 1.807) is 6.20 Å². The Bertz CT molecular complexity index is 537. The number of hydrogen-bond acceptors (Lipinski definition) is 3. The quantitative estimate of drug-likeness (QED) is 0.824. The number of benzene rings is 1. The van der Waals surface area contributed by atoms with Crippen molar-refractivity contribution in [1.82, 2.24) is 4.98 Å². The number of aliphatic imine (C=N–C) groups is 1. The summed E-state index contributed by atoms with van der Waals surface area (Å²) in [5.74, 6) is 0.780. The van der Waals surface area contributed by atoms with Gasteiger partial charge in [-0.05, 0) is 17.7 Å². The van der Waals surface area contributed by atoms with E-state index < -0.39 is 0 Å². The van der Waals surface area contributed by atoms with Gasteiger partial charge in [0.2, 0.25) is 0 Å². The lowest BCUT2D eigenvalue weighted by atomic mass is 10.1. The van der Waals surface area contributed by atoms with E-state index in [4.69, 9.17) is 4.74 Å². The molecule has 2 heterocycles. The van der Waals surface area contributed by atoms with Crippen LogP contribution in [0.15, 0.2) is 59.7 Å². The minimum absolute atomic E-state index is 0.130. The molecule has 18 heavy (non-hydrogen) atoms. The van der Waals surface area contributed by atoms with E-state index in [-0.39, 0.29) is 6.04 Å². The lowest BCUT2D eigenvalue weighted by molar-refractivity contribution is 0.313. The zero-order chi connectivity index (χ0) is 12.2. The van der Waals surface area contributed by atoms with Crippen molar-refractivity contribution in [3.05, 3.63) is 66.0 Å². The van der Waals surface area contributed by atoms with Crippen molar-refractivity contribution < 1.29 is 4.74 Å². The average molecular weight is 238 g/mol. The lowest BCUT2D eigenvalue weighted by Gasteiger charge is -2.03. The molecule has 90 valence electrons. The van der Waals surface area contributed by atoms with Crippen molar-refractivity contribution in [2.45, 2.75) is 12.5 Å². The Morgan fingerprint density at radius 3 is 2.67 bits per heavy atom. The summed E-state index contributed by atoms with van der Waals surface area (Å²) < 4.78 is 5.63. The van der Waals surface area contributed by atoms with E-state index in [1.807, 2.05) is 36.4 Å². The van der Waals surface area contributed by atoms with Gasteiger partial charge in [0.1, 0.15) is 12.6 Å². The van der Waals surface area contributed by atoms with Crippen LogP contribution >= 0.6 is 0 Å². The average Bonchev–Trinajstić information content (AvgIpc) is 2.89. The Morgan fingerprint density at radius 2 is 1.89 bits per heavy atom. The van der Waals surface area contributed by atoms with Crippen LogP contribution < -0.4 is 0 Å². The molecule has 1 aliphatic heterocycles. The van der Waals surface area contributed by atoms with Crippen molar-refractivity contribution >= 4 is 5.90 Å². The fourth-order valence-electron chi connectivity index (χ4n) is 2.02. The normalized spacial score (nSPS) is 18.2. The molecule has 0 saturated heterocycles. The summed E-state index contributed by atoms with van der Waals surface area (Å²) in [4.78, 5) is 8.89. The van der Waals surface area contributed by atoms with E-state index in [2.05, 4.69) is 22.1 Å². The van der Waals surface area contributed by atoms with Crippen LogP contribution in [-0.2, 0) is 11.2 Å². The molecule has 1 aliphatic rings. The third kappa shape index (κ3) is 2.40. The molecule has 0 N–H and O–H groups in total. The van der Waals surface area contributed by atoms with Gasteiger partial charge < -0.3 is 4.74 Å². The van der Waals surface area contributed by atoms with Crippen LogP contribution in [0.25, 0.3) is 0 Å². The predicted octanol–water partition coefficient (Wildman–Crippen LogP) is 2.79. The smallest absolute Gasteiger partial charge is 0.190 e. The van der Waals surface area contributed by atoms with E-state index in [1.165, 1.54) is 5.56 Å². The van der Waals surface area contributed by atoms with Gasteiger partial charge in [-0.1, -0.05) is 36.4 Å². The summed E-state index contributed by atoms with van der Waals surface area (Å²) in [7, 11) is 0. The second-order valence-electron chi connectivity index (χ2n) is 4.26. The molecule has 0 aliphatic carbocycles. The third-order valence-electron chi connectivity index (χ3n) is 2.95. The van der Waals surface area contributed by atoms with Crippen LogP contribution in [0.2, 0.25) is 0 Å². The van der Waals surface area contributed by atoms with Crippen molar-refractivity contribution in [3.8, 4) is 0 Å². The summed E-state index contributed by atoms with van der Waals surface area (Å²) in [6.45, 7) is 0.631. The van der Waals surface area contributed by atoms with Crippen molar-refractivity contribution in [2.24, 2.45) is 4.99 Å². The molecule has 1 aromatic carbocycles. The molecule has 3 nitrogen and oxygen atoms in total. The molecule has 0 amide bonds. The fourth-order valence-corrected chi connectivity index (χ4v) is 2.02. The number of pyridine rings is 1. The van der Waals surface area contributed by atoms with Crippen LogP contribution in [0.4, 0.5) is 0 Å². The molecule has 1 atom stereocenters. The van der Waals surface area contributed by atoms with Gasteiger partial charge in [0.25, 0.3) is 0 Å². The molecule has 3 heteroatoms. The van der Waals surface area contributed by atoms with Gasteiger partial charge in [-0.3, -0.25) is 4.98 Å². The van der Waals surface area contributed by atoms with Crippen molar-refractivity contribution in [1.29, 1.82) is 0 Å². The largest absolute Gasteiger partial charge is 0.478 e. The number of nitrogens with zero attached hydrogens (tertiary/aromatic N) is 2. The van der Waals surface area contributed by atoms with Gasteiger partial charge in [-0.2, -0.15) is 0 Å². The summed E-state index contributed by atoms with van der Waals surface area (Å²) in [6, 6.07) is 16.2. The molecule has 1 aromatic heterocycles. The molecule has 0 unspecified atom stereocenters. The second-order valence-corrected chi connectivity index (χ2v) is 4.26. The highest BCUT2D eigenvalue weighted by Crippen LogP contribution is 2.23. The van der Waals surface area contributed by atoms with E-state index in [0.717, 1.165) is 11.6 Å². The Kier molecular flexibility index (Phi) is 3.05. The number of aromatic nitrogens is 1. The maximum Gasteiger partial charge on any atom is 0.190 e. The Morgan fingerprint density at radius 1 is 1.06 bits per heavy atom. The van der Waals surface area contributed by atoms with Crippen LogP contribution in [-0.4, -0.2) is 17.5 Å². The number of ether oxygens (including phenoxy) is 1. The first-order valence-electron chi connectivity index (χ1n) is 6.06. The van der Waals surface area contributed by atoms with Crippen LogP contribution in [0, 0.1) is 0 Å². The van der Waals surface area contributed by atoms with Gasteiger partial charge in [0.05, 0.1) is 6.42 Å². The molecule has 3 rings (SSSR count). The second kappa shape index (κ2) is 5.00. The summed E-state index contributed by atoms with van der Waals surface area (Å²) in [5, 5.41) is 0. The first kappa shape index (κ1) is 11.0. The topological polar surface area (TPSA) is 34.5 Å². The first-order chi connectivity index (χ1) is 8.92. The van der Waals surface area contributed by atoms with E-state index in [0.29, 0.717) is 13.0 Å². The first-order valence-corrected chi connectivity index (χ1v) is 6.06. The molecule has 0 bridgehead atoms. The highest BCUT2D eigenvalue weighted by Gasteiger charge is 2.20. The van der Waals surface area contributed by atoms with Gasteiger partial charge in [-0.15, -0.1) is 0 Å². The number of rotatable bonds is 3. The third-order valence-corrected chi connectivity index (χ3v) is 2.95. The highest BCUT2D eigenvalue weighted by molar-refractivity contribution is 5.79. The molecule has 0 radical (unpaired) electrons. The summed E-state index contributed by atoms with van der Waals surface area (Å²) in [5.41, 5.74) is 2.19. The number of hydrogen-bond donors (Lipinski definition) is 0. The van der Waals surface area contributed by atoms with Gasteiger partial charge in [-0.25, -0.2) is 4.99 Å². The highest BCUT2D eigenvalue weighted by atomic mass is 16.5. The standard InChI is InChI=1S/C15H14N2O/c1-2-6-12(7-3-1)14-11-18-15(17-14)10-13-8-4-5-9-16-13/h1-9,14H,10-11H2/t14-/m1/s1. The molecular formula is C15H14N2O. The van der Waals surface area contributed by atoms with Crippen molar-refractivity contribution in [3.63, 3.8) is 0 Å². The van der Waals surface area contributed by atoms with Crippen molar-refractivity contribution in [2.75, 3.05) is 6.61 Å². The molecule has 0 spiro atoms. The Hall–Kier alpha value is -2.16. The zero-order valence-electron chi connectivity index (χ0n) is 9.99. The van der Waals surface area contributed by atoms with Crippen LogP contribution in [0.3, 0.4) is 0 Å². The van der Waals surface area contributed by atoms with Gasteiger partial charge >= 0.3 is 0 Å². The predicted molar refractivity (Wildman–Crippen MR) is 70.5 cm³/mol. The molecule has 0 saturated carbocycles. The van der Waals surface area contributed by atoms with Crippen LogP contribution in [0.5, 0.6) is 0 Å². The minimum atomic E-state index is 0.130. The SMILES string of the molecule is c1ccc([C@H]2COC(Cc3ccccn3)=N2)cc1. The Labute approximate surface area is 106 Å². The summed E-state index contributed by atoms with van der Waals surface area (Å²) in [6.07, 6.45) is 2.46. The Balaban J connectivity index is 1.73. The van der Waals surface area contributed by atoms with E-state index >= 15 is 0 Å². The molecule has 0 fully saturated rings. The van der Waals surface area contributed by atoms with Crippen LogP contribution in [0.1, 0.15) is 17.3 Å². The summed E-state index contributed by atoms with van der Waals surface area (Å²) >= 11 is 0. The lowest BCUT2D eigenvalue weighted by Crippen LogP contribution is -2.04. The minimum Gasteiger partial charge on any atom is -0.478 e. The van der Waals surface area contributed by atoms with E-state index in [9.17, 15) is 0 Å². The maximum atomic E-state index is 5.63. The monoisotopic (exact) mass is 238 g/mol. The molecule has 2 aromatic rings. The molecular weight excluding hydrogens is 224 g/mol. The van der Waals surface area contributed by atoms with Gasteiger partial charge in [0.15, 0.2) is 5.90 Å². The maximum absolute atomic E-state index is 5.63. The fraction of sp³-hybridized carbons (Fsp3) is 0.200.